The number of carbonyl (C=O) groups excluding carboxylic acids is 8. The second-order valence-electron chi connectivity index (χ2n) is 21.1. The number of nitrogens with two attached hydrogens (primary N) is 5. The lowest BCUT2D eigenvalue weighted by molar-refractivity contribution is -0.140. The van der Waals surface area contributed by atoms with E-state index >= 15 is 0 Å². The maximum absolute atomic E-state index is 14.3. The van der Waals surface area contributed by atoms with Gasteiger partial charge >= 0.3 is 11.9 Å². The van der Waals surface area contributed by atoms with Crippen LogP contribution in [0.25, 0.3) is 0 Å². The lowest BCUT2D eigenvalue weighted by Gasteiger charge is -2.22. The molecule has 8 amide bonds. The maximum atomic E-state index is 14.3. The predicted molar refractivity (Wildman–Crippen MR) is 340 cm³/mol. The van der Waals surface area contributed by atoms with E-state index in [4.69, 9.17) is 52.7 Å². The summed E-state index contributed by atoms with van der Waals surface area (Å²) in [5, 5.41) is 40.2. The highest BCUT2D eigenvalue weighted by Gasteiger charge is 2.30. The lowest BCUT2D eigenvalue weighted by atomic mass is 10.0. The van der Waals surface area contributed by atoms with Crippen LogP contribution in [0.2, 0.25) is 0 Å². The Kier molecular flexibility index (Phi) is 31.6. The number of hydrogen-bond donors (Lipinski definition) is 15. The predicted octanol–water partition coefficient (Wildman–Crippen LogP) is 3.15. The summed E-state index contributed by atoms with van der Waals surface area (Å²) in [5.74, 6) is -8.13. The fourth-order valence-electron chi connectivity index (χ4n) is 9.35. The number of benzene rings is 4. The van der Waals surface area contributed by atoms with Crippen LogP contribution in [-0.2, 0) is 28.8 Å². The highest BCUT2D eigenvalue weighted by atomic mass is 16.5. The molecule has 0 saturated carbocycles. The Labute approximate surface area is 527 Å². The highest BCUT2D eigenvalue weighted by molar-refractivity contribution is 6.08. The smallest absolute Gasteiger partial charge is 0.326 e. The van der Waals surface area contributed by atoms with Gasteiger partial charge in [0.05, 0.1) is 56.7 Å². The van der Waals surface area contributed by atoms with Gasteiger partial charge in [-0.1, -0.05) is 19.3 Å². The molecule has 29 nitrogen and oxygen atoms in total. The Morgan fingerprint density at radius 3 is 0.934 bits per heavy atom. The molecule has 0 aromatic heterocycles. The molecule has 91 heavy (non-hydrogen) atoms. The van der Waals surface area contributed by atoms with Crippen LogP contribution in [0.1, 0.15) is 138 Å². The summed E-state index contributed by atoms with van der Waals surface area (Å²) in [6, 6.07) is 11.0. The van der Waals surface area contributed by atoms with Crippen LogP contribution in [-0.4, -0.2) is 154 Å². The molecule has 0 heterocycles. The first-order valence-electron chi connectivity index (χ1n) is 29.8. The van der Waals surface area contributed by atoms with Crippen molar-refractivity contribution in [1.29, 1.82) is 0 Å². The topological polar surface area (TPSA) is 474 Å². The van der Waals surface area contributed by atoms with Crippen molar-refractivity contribution < 1.29 is 77.1 Å². The summed E-state index contributed by atoms with van der Waals surface area (Å²) in [5.41, 5.74) is 29.2. The number of aliphatic carboxylic acids is 2. The number of carboxylic acid groups (broad SMARTS) is 2. The second-order valence-corrected chi connectivity index (χ2v) is 21.1. The molecule has 0 saturated heterocycles. The summed E-state index contributed by atoms with van der Waals surface area (Å²) >= 11 is 0. The molecular formula is C62H87N13O16. The molecule has 0 radical (unpaired) electrons. The molecule has 0 spiro atoms. The molecule has 4 aromatic carbocycles. The Morgan fingerprint density at radius 2 is 0.648 bits per heavy atom. The van der Waals surface area contributed by atoms with Gasteiger partial charge in [-0.15, -0.1) is 0 Å². The third-order valence-electron chi connectivity index (χ3n) is 14.4. The van der Waals surface area contributed by atoms with Crippen molar-refractivity contribution in [3.8, 4) is 23.0 Å². The molecule has 0 bridgehead atoms. The summed E-state index contributed by atoms with van der Waals surface area (Å²) in [7, 11) is 5.27. The lowest BCUT2D eigenvalue weighted by Crippen LogP contribution is -2.44. The van der Waals surface area contributed by atoms with Crippen LogP contribution in [0, 0.1) is 0 Å². The first-order valence-corrected chi connectivity index (χ1v) is 29.8. The number of carbonyl (C=O) groups is 10. The van der Waals surface area contributed by atoms with Gasteiger partial charge in [-0.25, -0.2) is 4.79 Å². The molecule has 0 aliphatic heterocycles. The van der Waals surface area contributed by atoms with Crippen molar-refractivity contribution in [3.05, 3.63) is 95.1 Å². The SMILES string of the molecule is COc1ccc(NC(=O)[C@H](CCCCN)NC(=O)c2cc(NC(=O)[C@H](CCCCN)NC(=O)c3cc(NC(=O)[C@H](CCCCCN)NC(=O)c4cc(NC(=O)[C@@H](N)CCCCN)ccc4OC)ccc3OC)ccc2OC)cc1C(=O)N[C@@H](CCC(=O)O)C(=O)O. The molecule has 29 heteroatoms. The van der Waals surface area contributed by atoms with E-state index < -0.39 is 102 Å². The Morgan fingerprint density at radius 1 is 0.374 bits per heavy atom. The van der Waals surface area contributed by atoms with Gasteiger partial charge in [-0.05, 0) is 170 Å². The zero-order valence-corrected chi connectivity index (χ0v) is 51.7. The number of methoxy groups -OCH3 is 4. The molecule has 0 unspecified atom stereocenters. The molecule has 4 aromatic rings. The Hall–Kier alpha value is -9.42. The quantitative estimate of drug-likeness (QED) is 0.0284. The van der Waals surface area contributed by atoms with Crippen molar-refractivity contribution in [3.63, 3.8) is 0 Å². The first-order chi connectivity index (χ1) is 43.6. The van der Waals surface area contributed by atoms with Crippen LogP contribution in [0.4, 0.5) is 22.7 Å². The number of anilines is 4. The minimum atomic E-state index is -1.56. The number of amides is 8. The van der Waals surface area contributed by atoms with Crippen molar-refractivity contribution in [2.24, 2.45) is 28.7 Å². The Bertz CT molecular complexity index is 3150. The van der Waals surface area contributed by atoms with E-state index in [0.29, 0.717) is 77.3 Å². The number of hydrogen-bond acceptors (Lipinski definition) is 19. The maximum Gasteiger partial charge on any atom is 0.326 e. The van der Waals surface area contributed by atoms with Gasteiger partial charge in [0.1, 0.15) is 47.2 Å². The molecule has 5 atom stereocenters. The molecule has 0 aliphatic rings. The van der Waals surface area contributed by atoms with E-state index in [9.17, 15) is 53.1 Å². The van der Waals surface area contributed by atoms with E-state index in [1.807, 2.05) is 0 Å². The second kappa shape index (κ2) is 38.9. The van der Waals surface area contributed by atoms with Crippen molar-refractivity contribution in [1.82, 2.24) is 21.3 Å². The van der Waals surface area contributed by atoms with Gasteiger partial charge < -0.3 is 100 Å². The summed E-state index contributed by atoms with van der Waals surface area (Å²) in [4.78, 5) is 134. The minimum absolute atomic E-state index is 0.00699. The van der Waals surface area contributed by atoms with Gasteiger partial charge in [-0.2, -0.15) is 0 Å². The number of ether oxygens (including phenoxy) is 4. The zero-order valence-electron chi connectivity index (χ0n) is 51.7. The van der Waals surface area contributed by atoms with E-state index in [1.54, 1.807) is 6.07 Å². The van der Waals surface area contributed by atoms with E-state index in [2.05, 4.69) is 42.5 Å². The third kappa shape index (κ3) is 23.8. The van der Waals surface area contributed by atoms with E-state index in [1.165, 1.54) is 95.2 Å². The van der Waals surface area contributed by atoms with Crippen molar-refractivity contribution in [2.45, 2.75) is 127 Å². The van der Waals surface area contributed by atoms with Crippen LogP contribution < -0.4 is 90.2 Å². The van der Waals surface area contributed by atoms with Gasteiger partial charge in [0, 0.05) is 29.2 Å². The number of unbranched alkanes of at least 4 members (excludes halogenated alkanes) is 5. The molecular weight excluding hydrogens is 1180 g/mol. The molecule has 4 rings (SSSR count). The van der Waals surface area contributed by atoms with Crippen LogP contribution in [0.15, 0.2) is 72.8 Å². The third-order valence-corrected chi connectivity index (χ3v) is 14.4. The van der Waals surface area contributed by atoms with Gasteiger partial charge in [0.2, 0.25) is 23.6 Å². The minimum Gasteiger partial charge on any atom is -0.496 e. The average molecular weight is 1270 g/mol. The monoisotopic (exact) mass is 1270 g/mol. The number of rotatable bonds is 41. The van der Waals surface area contributed by atoms with Crippen LogP contribution in [0.3, 0.4) is 0 Å². The average Bonchev–Trinajstić information content (AvgIpc) is 1.01. The van der Waals surface area contributed by atoms with E-state index in [0.717, 1.165) is 0 Å². The fourth-order valence-corrected chi connectivity index (χ4v) is 9.35. The molecule has 0 fully saturated rings. The summed E-state index contributed by atoms with van der Waals surface area (Å²) in [6.07, 6.45) is 4.73. The highest BCUT2D eigenvalue weighted by Crippen LogP contribution is 2.29. The van der Waals surface area contributed by atoms with Crippen molar-refractivity contribution in [2.75, 3.05) is 75.9 Å². The summed E-state index contributed by atoms with van der Waals surface area (Å²) < 4.78 is 21.8. The zero-order chi connectivity index (χ0) is 67.0. The van der Waals surface area contributed by atoms with Crippen LogP contribution >= 0.6 is 0 Å². The molecule has 20 N–H and O–H groups in total. The summed E-state index contributed by atoms with van der Waals surface area (Å²) in [6.45, 7) is 1.43. The normalized spacial score (nSPS) is 12.5. The number of carboxylic acids is 2. The van der Waals surface area contributed by atoms with E-state index in [-0.39, 0.29) is 100 Å². The molecule has 496 valence electrons. The van der Waals surface area contributed by atoms with Gasteiger partial charge in [0.15, 0.2) is 0 Å². The largest absolute Gasteiger partial charge is 0.496 e. The van der Waals surface area contributed by atoms with Gasteiger partial charge in [-0.3, -0.25) is 43.2 Å². The Balaban J connectivity index is 1.56. The van der Waals surface area contributed by atoms with Crippen LogP contribution in [0.5, 0.6) is 23.0 Å². The number of nitrogens with one attached hydrogen (secondary N) is 8. The van der Waals surface area contributed by atoms with Crippen molar-refractivity contribution >= 4 is 81.9 Å². The van der Waals surface area contributed by atoms with Gasteiger partial charge in [0.25, 0.3) is 23.6 Å². The first kappa shape index (κ1) is 74.0. The fraction of sp³-hybridized carbons (Fsp3) is 0.452. The molecule has 0 aliphatic carbocycles. The standard InChI is InChI=1S/C62H87N13O16/c1-88-49-23-18-36(68-58(82)44(67)14-7-11-29-64)32-40(49)54(78)72-45(15-6-5-10-28-63)59(83)69-37-19-24-50(89-2)41(33-37)55(79)73-46(16-8-12-30-65)60(84)70-38-20-25-51(90-3)42(34-38)56(80)74-47(17-9-13-31-66)61(85)71-39-21-26-52(91-4)43(35-39)57(81)75-48(62(86)87)22-27-53(76)77/h18-21,23-26,32-35,44-48H,5-17,22,27-31,63-67H2,1-4H3,(H,68,82)(H,69,83)(H,70,84)(H,71,85)(H,72,78)(H,73,79)(H,74,80)(H,75,81)(H,76,77)(H,86,87)/t44-,45-,46-,47-,48-/m0/s1.